The quantitative estimate of drug-likeness (QED) is 0.889. The highest BCUT2D eigenvalue weighted by atomic mass is 16.5. The first-order valence-electron chi connectivity index (χ1n) is 6.26. The summed E-state index contributed by atoms with van der Waals surface area (Å²) in [6.45, 7) is 5.22. The number of hydrogen-bond donors (Lipinski definition) is 1. The lowest BCUT2D eigenvalue weighted by atomic mass is 10.1. The van der Waals surface area contributed by atoms with Crippen LogP contribution in [-0.4, -0.2) is 29.5 Å². The number of nitrogens with zero attached hydrogens (tertiary/aromatic N) is 3. The molecule has 0 aliphatic rings. The maximum Gasteiger partial charge on any atom is 0.186 e. The summed E-state index contributed by atoms with van der Waals surface area (Å²) in [5.74, 6) is 0. The number of fused-ring (bicyclic) bond motifs is 1. The van der Waals surface area contributed by atoms with E-state index < -0.39 is 0 Å². The van der Waals surface area contributed by atoms with Gasteiger partial charge in [-0.05, 0) is 19.9 Å². The lowest BCUT2D eigenvalue weighted by molar-refractivity contribution is 0.141. The number of rotatable bonds is 5. The van der Waals surface area contributed by atoms with Gasteiger partial charge in [-0.15, -0.1) is 10.2 Å². The van der Waals surface area contributed by atoms with Crippen molar-refractivity contribution in [3.05, 3.63) is 30.0 Å². The van der Waals surface area contributed by atoms with Gasteiger partial charge in [0.15, 0.2) is 5.69 Å². The Kier molecular flexibility index (Phi) is 4.26. The molecule has 98 valence electrons. The fourth-order valence-corrected chi connectivity index (χ4v) is 1.86. The summed E-state index contributed by atoms with van der Waals surface area (Å²) in [6, 6.07) is 9.80. The predicted octanol–water partition coefficient (Wildman–Crippen LogP) is 2.34. The fraction of sp³-hybridized carbons (Fsp3) is 0.357. The SMILES string of the molecule is CCOCC(C)Nc1c(C#N)nnc2ccccc12. The van der Waals surface area contributed by atoms with Crippen LogP contribution >= 0.6 is 0 Å². The normalized spacial score (nSPS) is 12.1. The smallest absolute Gasteiger partial charge is 0.186 e. The summed E-state index contributed by atoms with van der Waals surface area (Å²) in [5, 5.41) is 21.3. The molecule has 2 rings (SSSR count). The van der Waals surface area contributed by atoms with Crippen LogP contribution in [0.3, 0.4) is 0 Å². The minimum Gasteiger partial charge on any atom is -0.380 e. The van der Waals surface area contributed by atoms with Crippen molar-refractivity contribution in [2.45, 2.75) is 19.9 Å². The molecule has 0 saturated heterocycles. The second-order valence-electron chi connectivity index (χ2n) is 4.26. The van der Waals surface area contributed by atoms with Crippen LogP contribution < -0.4 is 5.32 Å². The molecule has 0 amide bonds. The number of anilines is 1. The van der Waals surface area contributed by atoms with Crippen LogP contribution in [0.4, 0.5) is 5.69 Å². The molecule has 1 atom stereocenters. The molecule has 5 nitrogen and oxygen atoms in total. The van der Waals surface area contributed by atoms with E-state index in [1.165, 1.54) is 0 Å². The van der Waals surface area contributed by atoms with Crippen LogP contribution in [0.2, 0.25) is 0 Å². The topological polar surface area (TPSA) is 70.8 Å². The first-order valence-corrected chi connectivity index (χ1v) is 6.26. The van der Waals surface area contributed by atoms with E-state index in [9.17, 15) is 0 Å². The third-order valence-electron chi connectivity index (χ3n) is 2.74. The second kappa shape index (κ2) is 6.12. The van der Waals surface area contributed by atoms with Crippen LogP contribution in [-0.2, 0) is 4.74 Å². The summed E-state index contributed by atoms with van der Waals surface area (Å²) in [5.41, 5.74) is 1.80. The summed E-state index contributed by atoms with van der Waals surface area (Å²) in [7, 11) is 0. The molecule has 0 aliphatic carbocycles. The van der Waals surface area contributed by atoms with Crippen molar-refractivity contribution in [3.8, 4) is 6.07 Å². The Morgan fingerprint density at radius 3 is 2.89 bits per heavy atom. The van der Waals surface area contributed by atoms with E-state index in [-0.39, 0.29) is 6.04 Å². The zero-order valence-corrected chi connectivity index (χ0v) is 11.1. The highest BCUT2D eigenvalue weighted by Gasteiger charge is 2.12. The molecule has 1 heterocycles. The first kappa shape index (κ1) is 13.2. The van der Waals surface area contributed by atoms with Crippen molar-refractivity contribution in [2.75, 3.05) is 18.5 Å². The van der Waals surface area contributed by atoms with Gasteiger partial charge in [0.2, 0.25) is 0 Å². The number of nitrogens with one attached hydrogen (secondary N) is 1. The average Bonchev–Trinajstić information content (AvgIpc) is 2.45. The van der Waals surface area contributed by atoms with Crippen LogP contribution in [0.1, 0.15) is 19.5 Å². The Labute approximate surface area is 112 Å². The molecule has 1 aromatic heterocycles. The minimum absolute atomic E-state index is 0.0969. The van der Waals surface area contributed by atoms with Crippen molar-refractivity contribution in [1.29, 1.82) is 5.26 Å². The third-order valence-corrected chi connectivity index (χ3v) is 2.74. The second-order valence-corrected chi connectivity index (χ2v) is 4.26. The van der Waals surface area contributed by atoms with Gasteiger partial charge in [0.05, 0.1) is 17.8 Å². The van der Waals surface area contributed by atoms with E-state index in [1.807, 2.05) is 38.1 Å². The monoisotopic (exact) mass is 256 g/mol. The molecule has 0 spiro atoms. The summed E-state index contributed by atoms with van der Waals surface area (Å²) < 4.78 is 5.37. The zero-order chi connectivity index (χ0) is 13.7. The third kappa shape index (κ3) is 2.98. The molecule has 1 aromatic carbocycles. The molecule has 1 N–H and O–H groups in total. The molecule has 0 aliphatic heterocycles. The Morgan fingerprint density at radius 2 is 2.16 bits per heavy atom. The molecule has 0 fully saturated rings. The van der Waals surface area contributed by atoms with Gasteiger partial charge in [-0.1, -0.05) is 18.2 Å². The van der Waals surface area contributed by atoms with Crippen LogP contribution in [0, 0.1) is 11.3 Å². The van der Waals surface area contributed by atoms with E-state index in [2.05, 4.69) is 21.6 Å². The largest absolute Gasteiger partial charge is 0.380 e. The lowest BCUT2D eigenvalue weighted by Gasteiger charge is -2.16. The molecule has 0 bridgehead atoms. The van der Waals surface area contributed by atoms with Crippen molar-refractivity contribution < 1.29 is 4.74 Å². The number of ether oxygens (including phenoxy) is 1. The summed E-state index contributed by atoms with van der Waals surface area (Å²) >= 11 is 0. The predicted molar refractivity (Wildman–Crippen MR) is 73.8 cm³/mol. The van der Waals surface area contributed by atoms with E-state index >= 15 is 0 Å². The van der Waals surface area contributed by atoms with Gasteiger partial charge in [-0.3, -0.25) is 0 Å². The van der Waals surface area contributed by atoms with Crippen LogP contribution in [0.25, 0.3) is 10.9 Å². The molecular weight excluding hydrogens is 240 g/mol. The summed E-state index contributed by atoms with van der Waals surface area (Å²) in [4.78, 5) is 0. The Balaban J connectivity index is 2.37. The van der Waals surface area contributed by atoms with Crippen LogP contribution in [0.5, 0.6) is 0 Å². The average molecular weight is 256 g/mol. The van der Waals surface area contributed by atoms with Crippen molar-refractivity contribution in [2.24, 2.45) is 0 Å². The molecule has 5 heteroatoms. The first-order chi connectivity index (χ1) is 9.26. The Bertz CT molecular complexity index is 606. The number of benzene rings is 1. The zero-order valence-electron chi connectivity index (χ0n) is 11.1. The maximum atomic E-state index is 9.14. The van der Waals surface area contributed by atoms with Crippen LogP contribution in [0.15, 0.2) is 24.3 Å². The number of hydrogen-bond acceptors (Lipinski definition) is 5. The van der Waals surface area contributed by atoms with Crippen molar-refractivity contribution >= 4 is 16.6 Å². The van der Waals surface area contributed by atoms with Crippen molar-refractivity contribution in [3.63, 3.8) is 0 Å². The van der Waals surface area contributed by atoms with E-state index in [0.717, 1.165) is 16.6 Å². The van der Waals surface area contributed by atoms with Gasteiger partial charge in [-0.25, -0.2) is 0 Å². The van der Waals surface area contributed by atoms with Gasteiger partial charge in [0.25, 0.3) is 0 Å². The maximum absolute atomic E-state index is 9.14. The lowest BCUT2D eigenvalue weighted by Crippen LogP contribution is -2.22. The highest BCUT2D eigenvalue weighted by molar-refractivity contribution is 5.92. The van der Waals surface area contributed by atoms with Gasteiger partial charge >= 0.3 is 0 Å². The fourth-order valence-electron chi connectivity index (χ4n) is 1.86. The number of nitriles is 1. The summed E-state index contributed by atoms with van der Waals surface area (Å²) in [6.07, 6.45) is 0. The standard InChI is InChI=1S/C14H16N4O/c1-3-19-9-10(2)16-14-11-6-4-5-7-12(11)17-18-13(14)8-15/h4-7,10H,3,9H2,1-2H3,(H,16,17). The number of aromatic nitrogens is 2. The molecular formula is C14H16N4O. The van der Waals surface area contributed by atoms with E-state index in [1.54, 1.807) is 0 Å². The minimum atomic E-state index is 0.0969. The van der Waals surface area contributed by atoms with E-state index in [4.69, 9.17) is 10.00 Å². The molecule has 0 radical (unpaired) electrons. The van der Waals surface area contributed by atoms with E-state index in [0.29, 0.717) is 18.9 Å². The molecule has 19 heavy (non-hydrogen) atoms. The van der Waals surface area contributed by atoms with Crippen molar-refractivity contribution in [1.82, 2.24) is 10.2 Å². The molecule has 2 aromatic rings. The van der Waals surface area contributed by atoms with Gasteiger partial charge in [0.1, 0.15) is 6.07 Å². The highest BCUT2D eigenvalue weighted by Crippen LogP contribution is 2.24. The molecule has 0 saturated carbocycles. The van der Waals surface area contributed by atoms with Gasteiger partial charge in [0, 0.05) is 18.0 Å². The van der Waals surface area contributed by atoms with Gasteiger partial charge < -0.3 is 10.1 Å². The Morgan fingerprint density at radius 1 is 1.37 bits per heavy atom. The Hall–Kier alpha value is -2.19. The molecule has 1 unspecified atom stereocenters. The van der Waals surface area contributed by atoms with Gasteiger partial charge in [-0.2, -0.15) is 5.26 Å².